The molecule has 1 aliphatic heterocycles. The van der Waals surface area contributed by atoms with Crippen molar-refractivity contribution in [3.8, 4) is 0 Å². The highest BCUT2D eigenvalue weighted by atomic mass is 32.2. The zero-order valence-electron chi connectivity index (χ0n) is 12.4. The first-order valence-corrected chi connectivity index (χ1v) is 8.20. The lowest BCUT2D eigenvalue weighted by Crippen LogP contribution is -2.30. The summed E-state index contributed by atoms with van der Waals surface area (Å²) in [5.74, 6) is 0.122. The van der Waals surface area contributed by atoms with Crippen LogP contribution in [0.5, 0.6) is 0 Å². The van der Waals surface area contributed by atoms with E-state index in [1.807, 2.05) is 43.5 Å². The van der Waals surface area contributed by atoms with Crippen LogP contribution in [0.15, 0.2) is 53.1 Å². The molecular formula is C17H18N2O2S. The van der Waals surface area contributed by atoms with Gasteiger partial charge in [-0.3, -0.25) is 9.59 Å². The van der Waals surface area contributed by atoms with Gasteiger partial charge in [-0.2, -0.15) is 0 Å². The Bertz CT molecular complexity index is 652. The molecule has 0 aromatic heterocycles. The maximum Gasteiger partial charge on any atom is 0.251 e. The summed E-state index contributed by atoms with van der Waals surface area (Å²) in [4.78, 5) is 26.8. The first kappa shape index (κ1) is 14.9. The number of rotatable bonds is 4. The Morgan fingerprint density at radius 3 is 2.86 bits per heavy atom. The van der Waals surface area contributed by atoms with Crippen molar-refractivity contribution in [2.24, 2.45) is 0 Å². The number of thioether (sulfide) groups is 1. The molecule has 1 N–H and O–H groups in total. The van der Waals surface area contributed by atoms with E-state index in [0.717, 1.165) is 17.0 Å². The average Bonchev–Trinajstić information content (AvgIpc) is 2.83. The third-order valence-electron chi connectivity index (χ3n) is 3.85. The van der Waals surface area contributed by atoms with Crippen LogP contribution < -0.4 is 5.32 Å². The fourth-order valence-electron chi connectivity index (χ4n) is 2.64. The zero-order chi connectivity index (χ0) is 15.5. The van der Waals surface area contributed by atoms with Crippen molar-refractivity contribution in [2.45, 2.75) is 18.2 Å². The van der Waals surface area contributed by atoms with E-state index in [4.69, 9.17) is 0 Å². The summed E-state index contributed by atoms with van der Waals surface area (Å²) in [5, 5.41) is 3.23. The van der Waals surface area contributed by atoms with E-state index < -0.39 is 0 Å². The molecule has 1 atom stereocenters. The Labute approximate surface area is 134 Å². The Morgan fingerprint density at radius 2 is 2.09 bits per heavy atom. The summed E-state index contributed by atoms with van der Waals surface area (Å²) >= 11 is 1.74. The van der Waals surface area contributed by atoms with Crippen LogP contribution in [0.4, 0.5) is 0 Å². The molecule has 0 fully saturated rings. The lowest BCUT2D eigenvalue weighted by atomic mass is 10.1. The molecule has 3 rings (SSSR count). The molecule has 114 valence electrons. The number of nitrogens with one attached hydrogen (secondary N) is 1. The molecule has 0 spiro atoms. The predicted octanol–water partition coefficient (Wildman–Crippen LogP) is 2.55. The van der Waals surface area contributed by atoms with Crippen molar-refractivity contribution in [1.29, 1.82) is 0 Å². The first-order valence-electron chi connectivity index (χ1n) is 7.32. The molecule has 2 aliphatic rings. The minimum absolute atomic E-state index is 0.0425. The minimum Gasteiger partial charge on any atom is -0.362 e. The van der Waals surface area contributed by atoms with Crippen LogP contribution in [0.3, 0.4) is 0 Å². The Morgan fingerprint density at radius 1 is 1.32 bits per heavy atom. The van der Waals surface area contributed by atoms with Gasteiger partial charge in [-0.15, -0.1) is 11.8 Å². The SMILES string of the molecule is CN1C2=C(CC(=O)C=C2)SC1CCNC(=O)c1ccccc1. The van der Waals surface area contributed by atoms with Crippen molar-refractivity contribution in [3.63, 3.8) is 0 Å². The van der Waals surface area contributed by atoms with Gasteiger partial charge >= 0.3 is 0 Å². The average molecular weight is 314 g/mol. The Balaban J connectivity index is 1.51. The normalized spacial score (nSPS) is 20.3. The van der Waals surface area contributed by atoms with E-state index in [2.05, 4.69) is 10.2 Å². The molecule has 1 aromatic rings. The number of ketones is 1. The van der Waals surface area contributed by atoms with E-state index in [-0.39, 0.29) is 17.1 Å². The summed E-state index contributed by atoms with van der Waals surface area (Å²) in [6.45, 7) is 0.619. The highest BCUT2D eigenvalue weighted by Gasteiger charge is 2.30. The van der Waals surface area contributed by atoms with Gasteiger partial charge in [0.15, 0.2) is 5.78 Å². The number of allylic oxidation sites excluding steroid dienone is 3. The topological polar surface area (TPSA) is 49.4 Å². The molecule has 1 aromatic carbocycles. The summed E-state index contributed by atoms with van der Waals surface area (Å²) in [6, 6.07) is 9.23. The fourth-order valence-corrected chi connectivity index (χ4v) is 4.03. The van der Waals surface area contributed by atoms with Gasteiger partial charge in [-0.05, 0) is 30.7 Å². The van der Waals surface area contributed by atoms with E-state index in [9.17, 15) is 9.59 Å². The molecule has 1 heterocycles. The number of nitrogens with zero attached hydrogens (tertiary/aromatic N) is 1. The molecular weight excluding hydrogens is 296 g/mol. The van der Waals surface area contributed by atoms with Gasteiger partial charge in [0.25, 0.3) is 5.91 Å². The predicted molar refractivity (Wildman–Crippen MR) is 88.3 cm³/mol. The van der Waals surface area contributed by atoms with Crippen LogP contribution in [-0.4, -0.2) is 35.6 Å². The van der Waals surface area contributed by atoms with Gasteiger partial charge in [0.1, 0.15) is 0 Å². The molecule has 5 heteroatoms. The van der Waals surface area contributed by atoms with E-state index >= 15 is 0 Å². The van der Waals surface area contributed by atoms with Gasteiger partial charge in [0.05, 0.1) is 5.37 Å². The molecule has 1 amide bonds. The van der Waals surface area contributed by atoms with Crippen LogP contribution in [-0.2, 0) is 4.79 Å². The maximum absolute atomic E-state index is 12.0. The van der Waals surface area contributed by atoms with Crippen molar-refractivity contribution < 1.29 is 9.59 Å². The third kappa shape index (κ3) is 3.09. The minimum atomic E-state index is -0.0425. The maximum atomic E-state index is 12.0. The fraction of sp³-hybridized carbons (Fsp3) is 0.294. The van der Waals surface area contributed by atoms with E-state index in [1.165, 1.54) is 0 Å². The van der Waals surface area contributed by atoms with Gasteiger partial charge in [-0.1, -0.05) is 18.2 Å². The van der Waals surface area contributed by atoms with Crippen LogP contribution in [0.2, 0.25) is 0 Å². The number of amides is 1. The number of carbonyl (C=O) groups is 2. The number of benzene rings is 1. The van der Waals surface area contributed by atoms with E-state index in [0.29, 0.717) is 18.5 Å². The standard InChI is InChI=1S/C17H18N2O2S/c1-19-14-8-7-13(20)11-15(14)22-16(19)9-10-18-17(21)12-5-3-2-4-6-12/h2-8,16H,9-11H2,1H3,(H,18,21). The smallest absolute Gasteiger partial charge is 0.251 e. The Hall–Kier alpha value is -2.01. The third-order valence-corrected chi connectivity index (χ3v) is 5.31. The quantitative estimate of drug-likeness (QED) is 0.928. The monoisotopic (exact) mass is 314 g/mol. The number of hydrogen-bond acceptors (Lipinski definition) is 4. The largest absolute Gasteiger partial charge is 0.362 e. The summed E-state index contributed by atoms with van der Waals surface area (Å²) in [6.07, 6.45) is 4.90. The van der Waals surface area contributed by atoms with Crippen molar-refractivity contribution in [3.05, 3.63) is 58.6 Å². The summed E-state index contributed by atoms with van der Waals surface area (Å²) in [5.41, 5.74) is 1.82. The molecule has 0 radical (unpaired) electrons. The number of likely N-dealkylation sites (N-methyl/N-ethyl adjacent to an activating group) is 1. The number of carbonyl (C=O) groups excluding carboxylic acids is 2. The van der Waals surface area contributed by atoms with Gasteiger partial charge in [0, 0.05) is 36.2 Å². The molecule has 1 aliphatic carbocycles. The van der Waals surface area contributed by atoms with Crippen molar-refractivity contribution in [2.75, 3.05) is 13.6 Å². The van der Waals surface area contributed by atoms with Gasteiger partial charge in [-0.25, -0.2) is 0 Å². The number of hydrogen-bond donors (Lipinski definition) is 1. The first-order chi connectivity index (χ1) is 10.6. The molecule has 0 saturated carbocycles. The van der Waals surface area contributed by atoms with Crippen LogP contribution in [0, 0.1) is 0 Å². The molecule has 0 saturated heterocycles. The molecule has 1 unspecified atom stereocenters. The van der Waals surface area contributed by atoms with Crippen LogP contribution >= 0.6 is 11.8 Å². The van der Waals surface area contributed by atoms with Crippen LogP contribution in [0.1, 0.15) is 23.2 Å². The van der Waals surface area contributed by atoms with Gasteiger partial charge in [0.2, 0.25) is 0 Å². The highest BCUT2D eigenvalue weighted by molar-refractivity contribution is 8.03. The van der Waals surface area contributed by atoms with Crippen molar-refractivity contribution >= 4 is 23.5 Å². The summed E-state index contributed by atoms with van der Waals surface area (Å²) < 4.78 is 0. The second kappa shape index (κ2) is 6.40. The van der Waals surface area contributed by atoms with Gasteiger partial charge < -0.3 is 10.2 Å². The summed E-state index contributed by atoms with van der Waals surface area (Å²) in [7, 11) is 2.04. The Kier molecular flexibility index (Phi) is 4.34. The lowest BCUT2D eigenvalue weighted by molar-refractivity contribution is -0.114. The lowest BCUT2D eigenvalue weighted by Gasteiger charge is -2.23. The highest BCUT2D eigenvalue weighted by Crippen LogP contribution is 2.42. The second-order valence-electron chi connectivity index (χ2n) is 5.38. The zero-order valence-corrected chi connectivity index (χ0v) is 13.2. The van der Waals surface area contributed by atoms with E-state index in [1.54, 1.807) is 17.8 Å². The second-order valence-corrected chi connectivity index (χ2v) is 6.65. The van der Waals surface area contributed by atoms with Crippen molar-refractivity contribution in [1.82, 2.24) is 10.2 Å². The molecule has 0 bridgehead atoms. The molecule has 22 heavy (non-hydrogen) atoms. The molecule has 4 nitrogen and oxygen atoms in total. The van der Waals surface area contributed by atoms with Crippen LogP contribution in [0.25, 0.3) is 0 Å².